The van der Waals surface area contributed by atoms with Crippen LogP contribution in [-0.2, 0) is 4.79 Å². The zero-order valence-electron chi connectivity index (χ0n) is 15.0. The van der Waals surface area contributed by atoms with Gasteiger partial charge in [0.25, 0.3) is 0 Å². The lowest BCUT2D eigenvalue weighted by Crippen LogP contribution is -2.51. The van der Waals surface area contributed by atoms with Gasteiger partial charge >= 0.3 is 0 Å². The van der Waals surface area contributed by atoms with Crippen molar-refractivity contribution in [3.63, 3.8) is 0 Å². The predicted octanol–water partition coefficient (Wildman–Crippen LogP) is 2.54. The van der Waals surface area contributed by atoms with Gasteiger partial charge in [0, 0.05) is 31.6 Å². The summed E-state index contributed by atoms with van der Waals surface area (Å²) in [6, 6.07) is 2.31. The summed E-state index contributed by atoms with van der Waals surface area (Å²) in [6.07, 6.45) is 5.44. The molecule has 0 bridgehead atoms. The van der Waals surface area contributed by atoms with Gasteiger partial charge in [-0.1, -0.05) is 32.5 Å². The number of aromatic nitrogens is 2. The Balaban J connectivity index is 2.22. The van der Waals surface area contributed by atoms with E-state index in [1.165, 1.54) is 11.8 Å². The average Bonchev–Trinajstić information content (AvgIpc) is 2.59. The molecule has 130 valence electrons. The first kappa shape index (κ1) is 18.5. The van der Waals surface area contributed by atoms with Crippen molar-refractivity contribution in [2.45, 2.75) is 44.8 Å². The molecule has 1 fully saturated rings. The molecule has 0 radical (unpaired) electrons. The molecule has 0 aromatic carbocycles. The van der Waals surface area contributed by atoms with Gasteiger partial charge in [-0.15, -0.1) is 0 Å². The fraction of sp³-hybridized carbons (Fsp3) is 0.647. The largest absolute Gasteiger partial charge is 0.353 e. The minimum Gasteiger partial charge on any atom is -0.353 e. The van der Waals surface area contributed by atoms with E-state index in [1.807, 2.05) is 39.0 Å². The number of nitrogens with zero attached hydrogens (tertiary/aromatic N) is 5. The number of likely N-dealkylation sites (N-methyl/N-ethyl adjacent to an activating group) is 1. The Morgan fingerprint density at radius 3 is 2.79 bits per heavy atom. The summed E-state index contributed by atoms with van der Waals surface area (Å²) in [6.45, 7) is 7.35. The summed E-state index contributed by atoms with van der Waals surface area (Å²) in [4.78, 5) is 25.2. The first-order valence-electron chi connectivity index (χ1n) is 8.11. The van der Waals surface area contributed by atoms with Gasteiger partial charge in [0.15, 0.2) is 11.0 Å². The van der Waals surface area contributed by atoms with Crippen LogP contribution >= 0.6 is 11.8 Å². The molecular weight excluding hydrogens is 322 g/mol. The second kappa shape index (κ2) is 7.39. The smallest absolute Gasteiger partial charge is 0.227 e. The van der Waals surface area contributed by atoms with Gasteiger partial charge in [0.2, 0.25) is 5.91 Å². The zero-order chi connectivity index (χ0) is 17.9. The summed E-state index contributed by atoms with van der Waals surface area (Å²) in [5.41, 5.74) is 0.0914. The molecule has 2 heterocycles. The Hall–Kier alpha value is -1.81. The van der Waals surface area contributed by atoms with Crippen molar-refractivity contribution in [2.24, 2.45) is 5.41 Å². The molecule has 0 N–H and O–H groups in total. The van der Waals surface area contributed by atoms with E-state index in [2.05, 4.69) is 20.9 Å². The van der Waals surface area contributed by atoms with Crippen LogP contribution in [0, 0.1) is 16.7 Å². The van der Waals surface area contributed by atoms with E-state index in [-0.39, 0.29) is 11.9 Å². The second-order valence-corrected chi connectivity index (χ2v) is 7.89. The Kier molecular flexibility index (Phi) is 5.70. The third-order valence-electron chi connectivity index (χ3n) is 4.26. The third kappa shape index (κ3) is 3.99. The quantitative estimate of drug-likeness (QED) is 0.618. The summed E-state index contributed by atoms with van der Waals surface area (Å²) in [7, 11) is 1.88. The number of amides is 1. The molecule has 1 amide bonds. The summed E-state index contributed by atoms with van der Waals surface area (Å²) in [5, 5.41) is 10.0. The van der Waals surface area contributed by atoms with Crippen molar-refractivity contribution in [3.05, 3.63) is 11.8 Å². The van der Waals surface area contributed by atoms with Crippen LogP contribution < -0.4 is 4.90 Å². The maximum Gasteiger partial charge on any atom is 0.227 e. The van der Waals surface area contributed by atoms with Crippen LogP contribution in [0.3, 0.4) is 0 Å². The standard InChI is InChI=1S/C17H25N5OS/c1-17(2,3)15(23)21(4)13-7-6-8-22(11-13)14-12(9-18)10-19-16(20-14)24-5/h10,13H,6-8,11H2,1-5H3. The molecule has 1 aromatic rings. The van der Waals surface area contributed by atoms with Crippen LogP contribution in [0.1, 0.15) is 39.2 Å². The Morgan fingerprint density at radius 2 is 2.21 bits per heavy atom. The molecular formula is C17H25N5OS. The summed E-state index contributed by atoms with van der Waals surface area (Å²) < 4.78 is 0. The van der Waals surface area contributed by atoms with Crippen LogP contribution in [0.15, 0.2) is 11.4 Å². The highest BCUT2D eigenvalue weighted by molar-refractivity contribution is 7.98. The van der Waals surface area contributed by atoms with Gasteiger partial charge in [-0.25, -0.2) is 9.97 Å². The Morgan fingerprint density at radius 1 is 1.50 bits per heavy atom. The summed E-state index contributed by atoms with van der Waals surface area (Å²) in [5.74, 6) is 0.820. The zero-order valence-corrected chi connectivity index (χ0v) is 15.9. The SMILES string of the molecule is CSc1ncc(C#N)c(N2CCCC(N(C)C(=O)C(C)(C)C)C2)n1. The van der Waals surface area contributed by atoms with Crippen molar-refractivity contribution >= 4 is 23.5 Å². The van der Waals surface area contributed by atoms with Crippen molar-refractivity contribution < 1.29 is 4.79 Å². The van der Waals surface area contributed by atoms with Gasteiger partial charge < -0.3 is 9.80 Å². The van der Waals surface area contributed by atoms with Crippen LogP contribution in [-0.4, -0.2) is 53.2 Å². The molecule has 0 spiro atoms. The third-order valence-corrected chi connectivity index (χ3v) is 4.82. The van der Waals surface area contributed by atoms with Crippen LogP contribution in [0.5, 0.6) is 0 Å². The number of thioether (sulfide) groups is 1. The molecule has 0 aliphatic carbocycles. The number of hydrogen-bond donors (Lipinski definition) is 0. The minimum absolute atomic E-state index is 0.129. The number of anilines is 1. The number of carbonyl (C=O) groups excluding carboxylic acids is 1. The number of hydrogen-bond acceptors (Lipinski definition) is 6. The lowest BCUT2D eigenvalue weighted by molar-refractivity contribution is -0.140. The molecule has 1 aromatic heterocycles. The van der Waals surface area contributed by atoms with Crippen molar-refractivity contribution in [1.29, 1.82) is 5.26 Å². The topological polar surface area (TPSA) is 73.1 Å². The second-order valence-electron chi connectivity index (χ2n) is 7.11. The summed E-state index contributed by atoms with van der Waals surface area (Å²) >= 11 is 1.46. The van der Waals surface area contributed by atoms with Gasteiger partial charge in [0.1, 0.15) is 11.6 Å². The van der Waals surface area contributed by atoms with E-state index in [1.54, 1.807) is 6.20 Å². The van der Waals surface area contributed by atoms with Gasteiger partial charge in [0.05, 0.1) is 6.20 Å². The van der Waals surface area contributed by atoms with Crippen LogP contribution in [0.2, 0.25) is 0 Å². The van der Waals surface area contributed by atoms with E-state index in [0.717, 1.165) is 19.4 Å². The molecule has 1 saturated heterocycles. The van der Waals surface area contributed by atoms with E-state index in [4.69, 9.17) is 0 Å². The fourth-order valence-electron chi connectivity index (χ4n) is 2.93. The minimum atomic E-state index is -0.393. The van der Waals surface area contributed by atoms with Crippen LogP contribution in [0.4, 0.5) is 5.82 Å². The first-order valence-corrected chi connectivity index (χ1v) is 9.33. The van der Waals surface area contributed by atoms with Gasteiger partial charge in [-0.2, -0.15) is 5.26 Å². The molecule has 1 unspecified atom stereocenters. The monoisotopic (exact) mass is 347 g/mol. The lowest BCUT2D eigenvalue weighted by Gasteiger charge is -2.40. The predicted molar refractivity (Wildman–Crippen MR) is 96.0 cm³/mol. The Labute approximate surface area is 148 Å². The number of piperidine rings is 1. The van der Waals surface area contributed by atoms with Gasteiger partial charge in [-0.05, 0) is 19.1 Å². The highest BCUT2D eigenvalue weighted by Crippen LogP contribution is 2.27. The van der Waals surface area contributed by atoms with Crippen molar-refractivity contribution in [3.8, 4) is 6.07 Å². The molecule has 1 atom stereocenters. The number of nitriles is 1. The molecule has 0 saturated carbocycles. The van der Waals surface area contributed by atoms with E-state index in [9.17, 15) is 10.1 Å². The first-order chi connectivity index (χ1) is 11.3. The van der Waals surface area contributed by atoms with E-state index in [0.29, 0.717) is 23.1 Å². The maximum atomic E-state index is 12.6. The van der Waals surface area contributed by atoms with Crippen molar-refractivity contribution in [2.75, 3.05) is 31.3 Å². The molecule has 2 rings (SSSR count). The maximum absolute atomic E-state index is 12.6. The number of rotatable bonds is 3. The van der Waals surface area contributed by atoms with Gasteiger partial charge in [-0.3, -0.25) is 4.79 Å². The highest BCUT2D eigenvalue weighted by atomic mass is 32.2. The normalized spacial score (nSPS) is 18.2. The fourth-order valence-corrected chi connectivity index (χ4v) is 3.27. The van der Waals surface area contributed by atoms with Crippen molar-refractivity contribution in [1.82, 2.24) is 14.9 Å². The molecule has 1 aliphatic heterocycles. The van der Waals surface area contributed by atoms with E-state index >= 15 is 0 Å². The highest BCUT2D eigenvalue weighted by Gasteiger charge is 2.32. The van der Waals surface area contributed by atoms with E-state index < -0.39 is 5.41 Å². The average molecular weight is 347 g/mol. The van der Waals surface area contributed by atoms with Crippen LogP contribution in [0.25, 0.3) is 0 Å². The Bertz CT molecular complexity index is 649. The lowest BCUT2D eigenvalue weighted by atomic mass is 9.93. The molecule has 6 nitrogen and oxygen atoms in total. The number of carbonyl (C=O) groups is 1. The molecule has 1 aliphatic rings. The molecule has 7 heteroatoms. The molecule has 24 heavy (non-hydrogen) atoms.